The topological polar surface area (TPSA) is 58.6 Å². The van der Waals surface area contributed by atoms with Gasteiger partial charge in [-0.1, -0.05) is 18.2 Å². The maximum atomic E-state index is 13.6. The predicted octanol–water partition coefficient (Wildman–Crippen LogP) is 1.90. The van der Waals surface area contributed by atoms with Gasteiger partial charge >= 0.3 is 0 Å². The van der Waals surface area contributed by atoms with Crippen LogP contribution in [0.3, 0.4) is 0 Å². The second-order valence-corrected chi connectivity index (χ2v) is 6.73. The van der Waals surface area contributed by atoms with Gasteiger partial charge < -0.3 is 15.0 Å². The number of hydrogen-bond acceptors (Lipinski definition) is 3. The molecule has 2 aliphatic rings. The van der Waals surface area contributed by atoms with Crippen LogP contribution < -0.4 is 5.32 Å². The summed E-state index contributed by atoms with van der Waals surface area (Å²) in [5, 5.41) is 2.89. The number of benzene rings is 1. The van der Waals surface area contributed by atoms with Crippen molar-refractivity contribution in [3.8, 4) is 0 Å². The Kier molecular flexibility index (Phi) is 6.02. The summed E-state index contributed by atoms with van der Waals surface area (Å²) in [6.07, 6.45) is 3.28. The molecule has 2 heterocycles. The Morgan fingerprint density at radius 1 is 1.20 bits per heavy atom. The molecular weight excluding hydrogens is 323 g/mol. The second kappa shape index (κ2) is 8.43. The largest absolute Gasteiger partial charge is 0.368 e. The van der Waals surface area contributed by atoms with Crippen molar-refractivity contribution < 1.29 is 18.7 Å². The molecule has 0 bridgehead atoms. The maximum Gasteiger partial charge on any atom is 0.251 e. The molecule has 5 nitrogen and oxygen atoms in total. The molecule has 0 spiro atoms. The van der Waals surface area contributed by atoms with Crippen LogP contribution in [-0.4, -0.2) is 49.1 Å². The molecule has 2 fully saturated rings. The molecule has 2 amide bonds. The number of rotatable bonds is 5. The summed E-state index contributed by atoms with van der Waals surface area (Å²) in [6, 6.07) is 6.61. The Hall–Kier alpha value is -1.95. The van der Waals surface area contributed by atoms with Crippen LogP contribution in [0.1, 0.15) is 31.2 Å². The molecule has 1 atom stereocenters. The second-order valence-electron chi connectivity index (χ2n) is 6.73. The van der Waals surface area contributed by atoms with E-state index in [1.165, 1.54) is 6.07 Å². The van der Waals surface area contributed by atoms with Gasteiger partial charge in [0.25, 0.3) is 5.91 Å². The Balaban J connectivity index is 1.39. The smallest absolute Gasteiger partial charge is 0.251 e. The highest BCUT2D eigenvalue weighted by atomic mass is 19.1. The van der Waals surface area contributed by atoms with E-state index in [1.54, 1.807) is 18.2 Å². The Morgan fingerprint density at radius 2 is 1.96 bits per heavy atom. The first-order valence-corrected chi connectivity index (χ1v) is 9.06. The van der Waals surface area contributed by atoms with E-state index in [2.05, 4.69) is 5.32 Å². The number of hydrogen-bond donors (Lipinski definition) is 1. The monoisotopic (exact) mass is 348 g/mol. The van der Waals surface area contributed by atoms with Crippen LogP contribution in [0, 0.1) is 11.7 Å². The van der Waals surface area contributed by atoms with Crippen molar-refractivity contribution >= 4 is 11.8 Å². The number of nitrogens with one attached hydrogen (secondary N) is 1. The molecule has 136 valence electrons. The van der Waals surface area contributed by atoms with Crippen LogP contribution in [0.25, 0.3) is 0 Å². The van der Waals surface area contributed by atoms with Gasteiger partial charge in [0.1, 0.15) is 11.9 Å². The highest BCUT2D eigenvalue weighted by Crippen LogP contribution is 2.21. The number of ether oxygens (including phenoxy) is 1. The number of carbonyl (C=O) groups excluding carboxylic acids is 2. The lowest BCUT2D eigenvalue weighted by Crippen LogP contribution is -2.46. The van der Waals surface area contributed by atoms with Crippen molar-refractivity contribution in [3.05, 3.63) is 35.6 Å². The third-order valence-electron chi connectivity index (χ3n) is 5.03. The van der Waals surface area contributed by atoms with Crippen LogP contribution in [0.4, 0.5) is 4.39 Å². The zero-order valence-electron chi connectivity index (χ0n) is 14.4. The van der Waals surface area contributed by atoms with Gasteiger partial charge in [-0.25, -0.2) is 4.39 Å². The average Bonchev–Trinajstić information content (AvgIpc) is 3.17. The molecule has 25 heavy (non-hydrogen) atoms. The van der Waals surface area contributed by atoms with Gasteiger partial charge in [0.05, 0.1) is 0 Å². The molecule has 0 aromatic heterocycles. The first-order chi connectivity index (χ1) is 12.1. The molecule has 2 saturated heterocycles. The number of halogens is 1. The molecule has 2 aliphatic heterocycles. The molecular formula is C19H25FN2O3. The van der Waals surface area contributed by atoms with Gasteiger partial charge in [-0.15, -0.1) is 0 Å². The van der Waals surface area contributed by atoms with Crippen molar-refractivity contribution in [3.63, 3.8) is 0 Å². The van der Waals surface area contributed by atoms with E-state index in [-0.39, 0.29) is 29.7 Å². The molecule has 0 saturated carbocycles. The third-order valence-corrected chi connectivity index (χ3v) is 5.03. The van der Waals surface area contributed by atoms with Gasteiger partial charge in [-0.3, -0.25) is 9.59 Å². The van der Waals surface area contributed by atoms with Gasteiger partial charge in [-0.2, -0.15) is 0 Å². The van der Waals surface area contributed by atoms with Gasteiger partial charge in [0.2, 0.25) is 5.91 Å². The molecule has 1 aromatic rings. The van der Waals surface area contributed by atoms with Gasteiger partial charge in [0.15, 0.2) is 0 Å². The number of likely N-dealkylation sites (tertiary alicyclic amines) is 1. The fraction of sp³-hybridized carbons (Fsp3) is 0.579. The van der Waals surface area contributed by atoms with E-state index in [0.717, 1.165) is 12.8 Å². The van der Waals surface area contributed by atoms with E-state index >= 15 is 0 Å². The molecule has 0 aliphatic carbocycles. The first-order valence-electron chi connectivity index (χ1n) is 9.06. The fourth-order valence-corrected chi connectivity index (χ4v) is 3.50. The first kappa shape index (κ1) is 17.9. The SMILES string of the molecule is O=C(NCCc1ccccc1F)C1CCN(C(=O)C2CCCO2)CC1. The molecule has 1 N–H and O–H groups in total. The van der Waals surface area contributed by atoms with E-state index in [9.17, 15) is 14.0 Å². The summed E-state index contributed by atoms with van der Waals surface area (Å²) >= 11 is 0. The van der Waals surface area contributed by atoms with Crippen molar-refractivity contribution in [2.24, 2.45) is 5.92 Å². The number of piperidine rings is 1. The summed E-state index contributed by atoms with van der Waals surface area (Å²) in [4.78, 5) is 26.4. The van der Waals surface area contributed by atoms with Crippen LogP contribution in [0.5, 0.6) is 0 Å². The van der Waals surface area contributed by atoms with E-state index in [1.807, 2.05) is 4.90 Å². The van der Waals surface area contributed by atoms with Crippen LogP contribution in [-0.2, 0) is 20.7 Å². The average molecular weight is 348 g/mol. The molecule has 1 aromatic carbocycles. The zero-order valence-corrected chi connectivity index (χ0v) is 14.4. The lowest BCUT2D eigenvalue weighted by Gasteiger charge is -2.32. The fourth-order valence-electron chi connectivity index (χ4n) is 3.50. The van der Waals surface area contributed by atoms with Crippen LogP contribution in [0.2, 0.25) is 0 Å². The van der Waals surface area contributed by atoms with Crippen molar-refractivity contribution in [2.75, 3.05) is 26.2 Å². The number of nitrogens with zero attached hydrogens (tertiary/aromatic N) is 1. The highest BCUT2D eigenvalue weighted by Gasteiger charge is 2.32. The van der Waals surface area contributed by atoms with Crippen LogP contribution >= 0.6 is 0 Å². The van der Waals surface area contributed by atoms with Crippen molar-refractivity contribution in [1.82, 2.24) is 10.2 Å². The van der Waals surface area contributed by atoms with E-state index in [4.69, 9.17) is 4.74 Å². The van der Waals surface area contributed by atoms with E-state index < -0.39 is 0 Å². The standard InChI is InChI=1S/C19H25FN2O3/c20-16-5-2-1-4-14(16)7-10-21-18(23)15-8-11-22(12-9-15)19(24)17-6-3-13-25-17/h1-2,4-5,15,17H,3,6-13H2,(H,21,23). The van der Waals surface area contributed by atoms with Gasteiger partial charge in [-0.05, 0) is 43.7 Å². The lowest BCUT2D eigenvalue weighted by molar-refractivity contribution is -0.143. The zero-order chi connectivity index (χ0) is 17.6. The Labute approximate surface area is 147 Å². The highest BCUT2D eigenvalue weighted by molar-refractivity contribution is 5.82. The van der Waals surface area contributed by atoms with Crippen molar-refractivity contribution in [1.29, 1.82) is 0 Å². The van der Waals surface area contributed by atoms with Crippen LogP contribution in [0.15, 0.2) is 24.3 Å². The maximum absolute atomic E-state index is 13.6. The van der Waals surface area contributed by atoms with E-state index in [0.29, 0.717) is 51.1 Å². The molecule has 1 unspecified atom stereocenters. The number of carbonyl (C=O) groups is 2. The van der Waals surface area contributed by atoms with Gasteiger partial charge in [0, 0.05) is 32.2 Å². The summed E-state index contributed by atoms with van der Waals surface area (Å²) in [5.74, 6) is -0.247. The van der Waals surface area contributed by atoms with Crippen molar-refractivity contribution in [2.45, 2.75) is 38.2 Å². The Morgan fingerprint density at radius 3 is 2.64 bits per heavy atom. The summed E-state index contributed by atoms with van der Waals surface area (Å²) in [7, 11) is 0. The minimum Gasteiger partial charge on any atom is -0.368 e. The predicted molar refractivity (Wildman–Crippen MR) is 91.4 cm³/mol. The normalized spacial score (nSPS) is 21.3. The summed E-state index contributed by atoms with van der Waals surface area (Å²) in [6.45, 7) is 2.29. The molecule has 6 heteroatoms. The lowest BCUT2D eigenvalue weighted by atomic mass is 9.95. The minimum atomic E-state index is -0.286. The third kappa shape index (κ3) is 4.57. The quantitative estimate of drug-likeness (QED) is 0.884. The Bertz CT molecular complexity index is 608. The minimum absolute atomic E-state index is 0.000514. The summed E-state index contributed by atoms with van der Waals surface area (Å²) in [5.41, 5.74) is 0.611. The number of amides is 2. The summed E-state index contributed by atoms with van der Waals surface area (Å²) < 4.78 is 19.0. The molecule has 3 rings (SSSR count). The molecule has 0 radical (unpaired) electrons.